The van der Waals surface area contributed by atoms with E-state index in [9.17, 15) is 0 Å². The summed E-state index contributed by atoms with van der Waals surface area (Å²) in [6.07, 6.45) is 10.7. The lowest BCUT2D eigenvalue weighted by atomic mass is 9.77. The van der Waals surface area contributed by atoms with E-state index < -0.39 is 0 Å². The van der Waals surface area contributed by atoms with E-state index in [0.29, 0.717) is 18.4 Å². The van der Waals surface area contributed by atoms with Crippen LogP contribution in [0.4, 0.5) is 5.69 Å². The zero-order valence-electron chi connectivity index (χ0n) is 17.7. The van der Waals surface area contributed by atoms with Gasteiger partial charge in [-0.25, -0.2) is 0 Å². The molecule has 1 heterocycles. The van der Waals surface area contributed by atoms with E-state index in [1.165, 1.54) is 36.1 Å². The van der Waals surface area contributed by atoms with Gasteiger partial charge in [0.1, 0.15) is 11.5 Å². The van der Waals surface area contributed by atoms with Crippen molar-refractivity contribution in [2.24, 2.45) is 5.92 Å². The lowest BCUT2D eigenvalue weighted by molar-refractivity contribution is 0.304. The van der Waals surface area contributed by atoms with Crippen LogP contribution >= 0.6 is 0 Å². The Morgan fingerprint density at radius 2 is 1.86 bits per heavy atom. The van der Waals surface area contributed by atoms with Gasteiger partial charge in [0.25, 0.3) is 0 Å². The second-order valence-electron chi connectivity index (χ2n) is 8.10. The summed E-state index contributed by atoms with van der Waals surface area (Å²) in [5.74, 6) is 2.92. The molecule has 1 aliphatic heterocycles. The maximum Gasteiger partial charge on any atom is 0.124 e. The fourth-order valence-electron chi connectivity index (χ4n) is 4.71. The Morgan fingerprint density at radius 1 is 0.966 bits per heavy atom. The Labute approximate surface area is 175 Å². The van der Waals surface area contributed by atoms with E-state index in [1.807, 2.05) is 6.92 Å². The van der Waals surface area contributed by atoms with Gasteiger partial charge in [-0.1, -0.05) is 56.5 Å². The molecule has 3 nitrogen and oxygen atoms in total. The Morgan fingerprint density at radius 3 is 2.72 bits per heavy atom. The molecule has 2 aromatic carbocycles. The number of allylic oxidation sites excluding steroid dienone is 2. The van der Waals surface area contributed by atoms with Crippen LogP contribution in [0.3, 0.4) is 0 Å². The molecule has 4 rings (SSSR count). The summed E-state index contributed by atoms with van der Waals surface area (Å²) in [6, 6.07) is 15.3. The van der Waals surface area contributed by atoms with Crippen LogP contribution in [0, 0.1) is 5.92 Å². The van der Waals surface area contributed by atoms with Crippen molar-refractivity contribution in [2.45, 2.75) is 57.9 Å². The molecule has 154 valence electrons. The Balaban J connectivity index is 1.55. The third-order valence-corrected chi connectivity index (χ3v) is 6.15. The predicted octanol–water partition coefficient (Wildman–Crippen LogP) is 6.87. The van der Waals surface area contributed by atoms with Crippen molar-refractivity contribution in [1.82, 2.24) is 0 Å². The highest BCUT2D eigenvalue weighted by atomic mass is 16.5. The van der Waals surface area contributed by atoms with Crippen molar-refractivity contribution in [1.29, 1.82) is 0 Å². The second-order valence-corrected chi connectivity index (χ2v) is 8.10. The number of nitrogens with one attached hydrogen (secondary N) is 1. The van der Waals surface area contributed by atoms with Gasteiger partial charge >= 0.3 is 0 Å². The van der Waals surface area contributed by atoms with E-state index >= 15 is 0 Å². The second kappa shape index (κ2) is 9.39. The van der Waals surface area contributed by atoms with Gasteiger partial charge in [0, 0.05) is 17.2 Å². The summed E-state index contributed by atoms with van der Waals surface area (Å²) >= 11 is 0. The molecule has 3 atom stereocenters. The first-order chi connectivity index (χ1) is 14.3. The lowest BCUT2D eigenvalue weighted by Crippen LogP contribution is -2.29. The smallest absolute Gasteiger partial charge is 0.124 e. The van der Waals surface area contributed by atoms with Crippen molar-refractivity contribution < 1.29 is 9.47 Å². The van der Waals surface area contributed by atoms with Gasteiger partial charge in [-0.15, -0.1) is 0 Å². The Hall–Kier alpha value is -2.42. The SMILES string of the molecule is CCCCCCOc1ccc2c(c1)C1C=CCC1C(c1ccccc1OCC)N2. The van der Waals surface area contributed by atoms with Gasteiger partial charge in [0.05, 0.1) is 19.3 Å². The quantitative estimate of drug-likeness (QED) is 0.374. The van der Waals surface area contributed by atoms with Crippen LogP contribution in [0.25, 0.3) is 0 Å². The molecule has 2 aromatic rings. The minimum absolute atomic E-state index is 0.256. The molecule has 1 aliphatic carbocycles. The van der Waals surface area contributed by atoms with Crippen LogP contribution in [0.2, 0.25) is 0 Å². The average molecular weight is 392 g/mol. The van der Waals surface area contributed by atoms with Crippen LogP contribution in [0.15, 0.2) is 54.6 Å². The number of unbranched alkanes of at least 4 members (excludes halogenated alkanes) is 3. The number of hydrogen-bond acceptors (Lipinski definition) is 3. The molecular weight excluding hydrogens is 358 g/mol. The van der Waals surface area contributed by atoms with Crippen LogP contribution in [-0.2, 0) is 0 Å². The van der Waals surface area contributed by atoms with Crippen molar-refractivity contribution in [3.8, 4) is 11.5 Å². The summed E-state index contributed by atoms with van der Waals surface area (Å²) in [5, 5.41) is 3.82. The summed E-state index contributed by atoms with van der Waals surface area (Å²) in [7, 11) is 0. The maximum absolute atomic E-state index is 6.06. The van der Waals surface area contributed by atoms with Crippen molar-refractivity contribution in [2.75, 3.05) is 18.5 Å². The number of rotatable bonds is 9. The molecule has 1 N–H and O–H groups in total. The van der Waals surface area contributed by atoms with E-state index in [4.69, 9.17) is 9.47 Å². The molecular formula is C26H33NO2. The number of fused-ring (bicyclic) bond motifs is 3. The molecule has 0 radical (unpaired) electrons. The standard InChI is InChI=1S/C26H33NO2/c1-3-5-6-9-17-29-19-15-16-24-23(18-19)20-12-10-13-21(20)26(27-24)22-11-7-8-14-25(22)28-4-2/h7-8,10-12,14-16,18,20-21,26-27H,3-6,9,13,17H2,1-2H3. The van der Waals surface area contributed by atoms with Crippen molar-refractivity contribution in [3.05, 3.63) is 65.7 Å². The topological polar surface area (TPSA) is 30.5 Å². The van der Waals surface area contributed by atoms with Crippen LogP contribution < -0.4 is 14.8 Å². The van der Waals surface area contributed by atoms with Gasteiger partial charge in [-0.05, 0) is 55.5 Å². The molecule has 2 aliphatic rings. The average Bonchev–Trinajstić information content (AvgIpc) is 3.24. The highest BCUT2D eigenvalue weighted by Crippen LogP contribution is 2.51. The van der Waals surface area contributed by atoms with Gasteiger partial charge in [0.15, 0.2) is 0 Å². The van der Waals surface area contributed by atoms with Crippen LogP contribution in [0.5, 0.6) is 11.5 Å². The van der Waals surface area contributed by atoms with E-state index in [2.05, 4.69) is 66.9 Å². The van der Waals surface area contributed by atoms with Gasteiger partial charge in [-0.3, -0.25) is 0 Å². The minimum Gasteiger partial charge on any atom is -0.494 e. The third kappa shape index (κ3) is 4.29. The minimum atomic E-state index is 0.256. The number of anilines is 1. The summed E-state index contributed by atoms with van der Waals surface area (Å²) in [5.41, 5.74) is 3.84. The molecule has 29 heavy (non-hydrogen) atoms. The van der Waals surface area contributed by atoms with E-state index in [-0.39, 0.29) is 6.04 Å². The lowest BCUT2D eigenvalue weighted by Gasteiger charge is -2.38. The van der Waals surface area contributed by atoms with E-state index in [0.717, 1.165) is 30.9 Å². The first-order valence-corrected chi connectivity index (χ1v) is 11.2. The molecule has 0 spiro atoms. The first-order valence-electron chi connectivity index (χ1n) is 11.2. The summed E-state index contributed by atoms with van der Waals surface area (Å²) in [4.78, 5) is 0. The number of para-hydroxylation sites is 1. The number of hydrogen-bond donors (Lipinski definition) is 1. The monoisotopic (exact) mass is 391 g/mol. The van der Waals surface area contributed by atoms with Crippen molar-refractivity contribution >= 4 is 5.69 Å². The van der Waals surface area contributed by atoms with Crippen LogP contribution in [0.1, 0.15) is 69.0 Å². The third-order valence-electron chi connectivity index (χ3n) is 6.15. The zero-order valence-corrected chi connectivity index (χ0v) is 17.7. The number of benzene rings is 2. The largest absolute Gasteiger partial charge is 0.494 e. The van der Waals surface area contributed by atoms with E-state index in [1.54, 1.807) is 0 Å². The van der Waals surface area contributed by atoms with Crippen molar-refractivity contribution in [3.63, 3.8) is 0 Å². The molecule has 0 amide bonds. The fourth-order valence-corrected chi connectivity index (χ4v) is 4.71. The Bertz CT molecular complexity index is 844. The fraction of sp³-hybridized carbons (Fsp3) is 0.462. The molecule has 0 saturated carbocycles. The molecule has 3 unspecified atom stereocenters. The number of ether oxygens (including phenoxy) is 2. The van der Waals surface area contributed by atoms with Gasteiger partial charge in [-0.2, -0.15) is 0 Å². The molecule has 0 aromatic heterocycles. The summed E-state index contributed by atoms with van der Waals surface area (Å²) in [6.45, 7) is 5.78. The predicted molar refractivity (Wildman–Crippen MR) is 120 cm³/mol. The normalized spacial score (nSPS) is 21.9. The zero-order chi connectivity index (χ0) is 20.1. The van der Waals surface area contributed by atoms with Gasteiger partial charge in [0.2, 0.25) is 0 Å². The van der Waals surface area contributed by atoms with Crippen LogP contribution in [-0.4, -0.2) is 13.2 Å². The molecule has 3 heteroatoms. The maximum atomic E-state index is 6.06. The first kappa shape index (κ1) is 19.9. The highest BCUT2D eigenvalue weighted by Gasteiger charge is 2.39. The Kier molecular flexibility index (Phi) is 6.43. The summed E-state index contributed by atoms with van der Waals surface area (Å²) < 4.78 is 12.0. The van der Waals surface area contributed by atoms with Gasteiger partial charge < -0.3 is 14.8 Å². The molecule has 0 saturated heterocycles. The molecule has 0 fully saturated rings. The molecule has 0 bridgehead atoms. The highest BCUT2D eigenvalue weighted by molar-refractivity contribution is 5.62.